The van der Waals surface area contributed by atoms with Gasteiger partial charge in [0.25, 0.3) is 0 Å². The molecule has 2 fully saturated rings. The predicted molar refractivity (Wildman–Crippen MR) is 120 cm³/mol. The lowest BCUT2D eigenvalue weighted by atomic mass is 9.80. The molecule has 3 rings (SSSR count). The summed E-state index contributed by atoms with van der Waals surface area (Å²) in [6.45, 7) is 9.92. The van der Waals surface area contributed by atoms with Crippen molar-refractivity contribution in [3.8, 4) is 0 Å². The molecule has 1 aromatic carbocycles. The van der Waals surface area contributed by atoms with E-state index in [9.17, 15) is 4.79 Å². The van der Waals surface area contributed by atoms with Gasteiger partial charge >= 0.3 is 0 Å². The van der Waals surface area contributed by atoms with Crippen LogP contribution >= 0.6 is 0 Å². The Morgan fingerprint density at radius 2 is 1.97 bits per heavy atom. The van der Waals surface area contributed by atoms with Crippen molar-refractivity contribution in [2.24, 2.45) is 16.8 Å². The van der Waals surface area contributed by atoms with Crippen molar-refractivity contribution < 1.29 is 4.79 Å². The fourth-order valence-corrected chi connectivity index (χ4v) is 4.53. The van der Waals surface area contributed by atoms with E-state index in [0.29, 0.717) is 25.6 Å². The second-order valence-corrected chi connectivity index (χ2v) is 8.93. The molecule has 1 aliphatic heterocycles. The number of hydrogen-bond acceptors (Lipinski definition) is 2. The fourth-order valence-electron chi connectivity index (χ4n) is 4.53. The van der Waals surface area contributed by atoms with Crippen LogP contribution in [-0.4, -0.2) is 35.9 Å². The molecule has 0 aromatic heterocycles. The Labute approximate surface area is 176 Å². The zero-order valence-corrected chi connectivity index (χ0v) is 18.4. The minimum atomic E-state index is 0.277. The molecule has 2 aliphatic rings. The molecule has 1 amide bonds. The van der Waals surface area contributed by atoms with Gasteiger partial charge in [0.05, 0.1) is 6.54 Å². The number of aliphatic imine (C=N–C) groups is 1. The molecule has 1 saturated heterocycles. The van der Waals surface area contributed by atoms with Gasteiger partial charge in [0.1, 0.15) is 0 Å². The van der Waals surface area contributed by atoms with Crippen molar-refractivity contribution in [3.05, 3.63) is 35.4 Å². The second kappa shape index (κ2) is 10.7. The number of carbonyl (C=O) groups is 1. The molecule has 0 unspecified atom stereocenters. The Morgan fingerprint density at radius 1 is 1.21 bits per heavy atom. The quantitative estimate of drug-likeness (QED) is 0.537. The van der Waals surface area contributed by atoms with Crippen LogP contribution in [0.3, 0.4) is 0 Å². The van der Waals surface area contributed by atoms with Gasteiger partial charge in [-0.2, -0.15) is 0 Å². The second-order valence-electron chi connectivity index (χ2n) is 8.93. The van der Waals surface area contributed by atoms with Crippen LogP contribution in [0.25, 0.3) is 0 Å². The van der Waals surface area contributed by atoms with Crippen LogP contribution in [0.15, 0.2) is 29.3 Å². The lowest BCUT2D eigenvalue weighted by molar-refractivity contribution is -0.128. The van der Waals surface area contributed by atoms with Crippen LogP contribution in [-0.2, 0) is 17.9 Å². The van der Waals surface area contributed by atoms with E-state index in [0.717, 1.165) is 37.3 Å². The number of rotatable bonds is 7. The van der Waals surface area contributed by atoms with Crippen LogP contribution in [0.4, 0.5) is 0 Å². The van der Waals surface area contributed by atoms with Crippen molar-refractivity contribution in [1.82, 2.24) is 15.5 Å². The van der Waals surface area contributed by atoms with Gasteiger partial charge in [-0.25, -0.2) is 4.99 Å². The number of likely N-dealkylation sites (tertiary alicyclic amines) is 1. The Kier molecular flexibility index (Phi) is 7.96. The molecule has 1 saturated carbocycles. The first kappa shape index (κ1) is 21.7. The largest absolute Gasteiger partial charge is 0.357 e. The van der Waals surface area contributed by atoms with Crippen molar-refractivity contribution in [2.75, 3.05) is 13.1 Å². The average Bonchev–Trinajstić information content (AvgIpc) is 3.11. The summed E-state index contributed by atoms with van der Waals surface area (Å²) in [5.74, 6) is 2.86. The minimum absolute atomic E-state index is 0.277. The van der Waals surface area contributed by atoms with Gasteiger partial charge in [-0.15, -0.1) is 0 Å². The van der Waals surface area contributed by atoms with E-state index in [2.05, 4.69) is 55.7 Å². The van der Waals surface area contributed by atoms with E-state index in [1.807, 2.05) is 4.90 Å². The molecule has 1 heterocycles. The molecule has 29 heavy (non-hydrogen) atoms. The van der Waals surface area contributed by atoms with E-state index < -0.39 is 0 Å². The Balaban J connectivity index is 1.55. The number of carbonyl (C=O) groups excluding carboxylic acids is 1. The normalized spacial score (nSPS) is 23.0. The lowest BCUT2D eigenvalue weighted by Crippen LogP contribution is -2.45. The first-order valence-electron chi connectivity index (χ1n) is 11.5. The molecule has 0 spiro atoms. The van der Waals surface area contributed by atoms with Crippen molar-refractivity contribution in [2.45, 2.75) is 78.4 Å². The van der Waals surface area contributed by atoms with E-state index in [1.54, 1.807) is 0 Å². The maximum atomic E-state index is 11.9. The van der Waals surface area contributed by atoms with E-state index in [-0.39, 0.29) is 5.91 Å². The average molecular weight is 399 g/mol. The van der Waals surface area contributed by atoms with Crippen molar-refractivity contribution in [3.63, 3.8) is 0 Å². The summed E-state index contributed by atoms with van der Waals surface area (Å²) in [4.78, 5) is 18.7. The van der Waals surface area contributed by atoms with Crippen molar-refractivity contribution in [1.29, 1.82) is 0 Å². The standard InChI is InChI=1S/C24H38N4O/c1-4-25-24(27-22-12-10-21(11-13-22)18(2)3)26-16-19-7-5-8-20(15-19)17-28-14-6-9-23(28)29/h5,7-8,15,18,21-22H,4,6,9-14,16-17H2,1-3H3,(H2,25,26,27). The summed E-state index contributed by atoms with van der Waals surface area (Å²) in [5.41, 5.74) is 2.38. The number of guanidine groups is 1. The first-order valence-corrected chi connectivity index (χ1v) is 11.5. The fraction of sp³-hybridized carbons (Fsp3) is 0.667. The monoisotopic (exact) mass is 398 g/mol. The van der Waals surface area contributed by atoms with Gasteiger partial charge in [0.2, 0.25) is 5.91 Å². The zero-order valence-electron chi connectivity index (χ0n) is 18.4. The number of nitrogens with one attached hydrogen (secondary N) is 2. The summed E-state index contributed by atoms with van der Waals surface area (Å²) < 4.78 is 0. The number of amides is 1. The number of nitrogens with zero attached hydrogens (tertiary/aromatic N) is 2. The highest BCUT2D eigenvalue weighted by Crippen LogP contribution is 2.29. The summed E-state index contributed by atoms with van der Waals surface area (Å²) in [6.07, 6.45) is 6.76. The van der Waals surface area contributed by atoms with Gasteiger partial charge < -0.3 is 15.5 Å². The molecular formula is C24H38N4O. The highest BCUT2D eigenvalue weighted by atomic mass is 16.2. The molecule has 160 valence electrons. The van der Waals surface area contributed by atoms with E-state index in [4.69, 9.17) is 4.99 Å². The topological polar surface area (TPSA) is 56.7 Å². The van der Waals surface area contributed by atoms with Gasteiger partial charge in [-0.05, 0) is 62.0 Å². The molecule has 1 aliphatic carbocycles. The third kappa shape index (κ3) is 6.48. The molecule has 0 radical (unpaired) electrons. The summed E-state index contributed by atoms with van der Waals surface area (Å²) in [5, 5.41) is 7.05. The number of hydrogen-bond donors (Lipinski definition) is 2. The van der Waals surface area contributed by atoms with Crippen LogP contribution in [0.5, 0.6) is 0 Å². The molecule has 5 nitrogen and oxygen atoms in total. The summed E-state index contributed by atoms with van der Waals surface area (Å²) in [7, 11) is 0. The molecular weight excluding hydrogens is 360 g/mol. The predicted octanol–water partition coefficient (Wildman–Crippen LogP) is 4.08. The molecule has 0 atom stereocenters. The van der Waals surface area contributed by atoms with Gasteiger partial charge in [-0.1, -0.05) is 38.1 Å². The maximum Gasteiger partial charge on any atom is 0.222 e. The Hall–Kier alpha value is -2.04. The van der Waals surface area contributed by atoms with Crippen LogP contribution in [0, 0.1) is 11.8 Å². The maximum absolute atomic E-state index is 11.9. The van der Waals surface area contributed by atoms with E-state index in [1.165, 1.54) is 36.8 Å². The van der Waals surface area contributed by atoms with Crippen molar-refractivity contribution >= 4 is 11.9 Å². The molecule has 5 heteroatoms. The molecule has 2 N–H and O–H groups in total. The van der Waals surface area contributed by atoms with Gasteiger partial charge in [-0.3, -0.25) is 4.79 Å². The SMILES string of the molecule is CCNC(=NCc1cccc(CN2CCCC2=O)c1)NC1CCC(C(C)C)CC1. The lowest BCUT2D eigenvalue weighted by Gasteiger charge is -2.32. The Bertz CT molecular complexity index is 692. The van der Waals surface area contributed by atoms with Crippen LogP contribution < -0.4 is 10.6 Å². The first-order chi connectivity index (χ1) is 14.0. The summed E-state index contributed by atoms with van der Waals surface area (Å²) in [6, 6.07) is 9.02. The smallest absolute Gasteiger partial charge is 0.222 e. The molecule has 0 bridgehead atoms. The third-order valence-corrected chi connectivity index (χ3v) is 6.36. The summed E-state index contributed by atoms with van der Waals surface area (Å²) >= 11 is 0. The van der Waals surface area contributed by atoms with Crippen LogP contribution in [0.2, 0.25) is 0 Å². The minimum Gasteiger partial charge on any atom is -0.357 e. The third-order valence-electron chi connectivity index (χ3n) is 6.36. The van der Waals surface area contributed by atoms with Crippen LogP contribution in [0.1, 0.15) is 70.4 Å². The highest BCUT2D eigenvalue weighted by Gasteiger charge is 2.23. The highest BCUT2D eigenvalue weighted by molar-refractivity contribution is 5.80. The van der Waals surface area contributed by atoms with Gasteiger partial charge in [0.15, 0.2) is 5.96 Å². The molecule has 1 aromatic rings. The van der Waals surface area contributed by atoms with Gasteiger partial charge in [0, 0.05) is 32.1 Å². The zero-order chi connectivity index (χ0) is 20.6. The van der Waals surface area contributed by atoms with E-state index >= 15 is 0 Å². The number of benzene rings is 1. The Morgan fingerprint density at radius 3 is 2.62 bits per heavy atom.